The zero-order valence-corrected chi connectivity index (χ0v) is 10.8. The Morgan fingerprint density at radius 3 is 2.72 bits per heavy atom. The second-order valence-electron chi connectivity index (χ2n) is 4.26. The Labute approximate surface area is 107 Å². The fourth-order valence-corrected chi connectivity index (χ4v) is 1.86. The van der Waals surface area contributed by atoms with Gasteiger partial charge >= 0.3 is 0 Å². The van der Waals surface area contributed by atoms with Crippen molar-refractivity contribution in [1.82, 2.24) is 0 Å². The lowest BCUT2D eigenvalue weighted by molar-refractivity contribution is 0.159. The second kappa shape index (κ2) is 6.96. The first kappa shape index (κ1) is 14.4. The van der Waals surface area contributed by atoms with Crippen molar-refractivity contribution in [1.29, 1.82) is 0 Å². The molecule has 0 aliphatic heterocycles. The number of nitrogens with zero attached hydrogens (tertiary/aromatic N) is 1. The van der Waals surface area contributed by atoms with Crippen LogP contribution in [-0.4, -0.2) is 12.2 Å². The zero-order valence-electron chi connectivity index (χ0n) is 10.8. The number of aliphatic hydroxyl groups excluding tert-OH is 1. The lowest BCUT2D eigenvalue weighted by Crippen LogP contribution is -2.02. The van der Waals surface area contributed by atoms with Gasteiger partial charge in [-0.1, -0.05) is 26.2 Å². The molecule has 1 rings (SSSR count). The first-order valence-electron chi connectivity index (χ1n) is 6.12. The van der Waals surface area contributed by atoms with Crippen LogP contribution in [0.4, 0.5) is 11.4 Å². The molecule has 1 aromatic rings. The van der Waals surface area contributed by atoms with E-state index in [2.05, 4.69) is 12.1 Å². The predicted octanol–water partition coefficient (Wildman–Crippen LogP) is 3.29. The number of unbranched alkanes of at least 4 members (excludes halogenated alkanes) is 2. The summed E-state index contributed by atoms with van der Waals surface area (Å²) in [5.41, 5.74) is 6.69. The number of nitrogen functional groups attached to an aromatic ring is 1. The van der Waals surface area contributed by atoms with Gasteiger partial charge < -0.3 is 15.6 Å². The highest BCUT2D eigenvalue weighted by Gasteiger charge is 2.16. The summed E-state index contributed by atoms with van der Waals surface area (Å²) in [6.07, 6.45) is 3.13. The molecule has 5 heteroatoms. The lowest BCUT2D eigenvalue weighted by atomic mass is 10.0. The Bertz CT molecular complexity index is 407. The van der Waals surface area contributed by atoms with Crippen LogP contribution in [0.5, 0.6) is 5.75 Å². The highest BCUT2D eigenvalue weighted by molar-refractivity contribution is 5.67. The van der Waals surface area contributed by atoms with E-state index in [-0.39, 0.29) is 11.4 Å². The van der Waals surface area contributed by atoms with E-state index in [4.69, 9.17) is 10.5 Å². The third-order valence-electron chi connectivity index (χ3n) is 2.92. The fourth-order valence-electron chi connectivity index (χ4n) is 1.86. The summed E-state index contributed by atoms with van der Waals surface area (Å²) in [6.45, 7) is 2.11. The number of ether oxygens (including phenoxy) is 1. The van der Waals surface area contributed by atoms with Gasteiger partial charge in [-0.3, -0.25) is 0 Å². The van der Waals surface area contributed by atoms with E-state index < -0.39 is 6.10 Å². The van der Waals surface area contributed by atoms with Gasteiger partial charge in [0, 0.05) is 11.6 Å². The normalized spacial score (nSPS) is 12.2. The van der Waals surface area contributed by atoms with E-state index in [0.717, 1.165) is 19.3 Å². The number of nitroso groups, excluding NO2 is 1. The molecule has 0 fully saturated rings. The van der Waals surface area contributed by atoms with Gasteiger partial charge in [-0.25, -0.2) is 0 Å². The minimum absolute atomic E-state index is 0.136. The Balaban J connectivity index is 2.92. The molecule has 0 saturated heterocycles. The van der Waals surface area contributed by atoms with Crippen LogP contribution in [0.25, 0.3) is 0 Å². The number of anilines is 1. The molecule has 18 heavy (non-hydrogen) atoms. The van der Waals surface area contributed by atoms with Crippen molar-refractivity contribution in [3.63, 3.8) is 0 Å². The molecule has 5 nitrogen and oxygen atoms in total. The van der Waals surface area contributed by atoms with Crippen LogP contribution in [0.3, 0.4) is 0 Å². The van der Waals surface area contributed by atoms with Gasteiger partial charge in [0.05, 0.1) is 18.9 Å². The summed E-state index contributed by atoms with van der Waals surface area (Å²) in [6, 6.07) is 3.02. The van der Waals surface area contributed by atoms with E-state index in [1.54, 1.807) is 6.07 Å². The number of aliphatic hydroxyl groups is 1. The molecule has 3 N–H and O–H groups in total. The lowest BCUT2D eigenvalue weighted by Gasteiger charge is -2.16. The molecule has 0 heterocycles. The largest absolute Gasteiger partial charge is 0.496 e. The third kappa shape index (κ3) is 3.43. The van der Waals surface area contributed by atoms with Gasteiger partial charge in [0.25, 0.3) is 0 Å². The van der Waals surface area contributed by atoms with Crippen molar-refractivity contribution in [2.45, 2.75) is 38.7 Å². The number of methoxy groups -OCH3 is 1. The van der Waals surface area contributed by atoms with E-state index in [9.17, 15) is 10.0 Å². The average molecular weight is 252 g/mol. The summed E-state index contributed by atoms with van der Waals surface area (Å²) in [5, 5.41) is 12.9. The van der Waals surface area contributed by atoms with Crippen molar-refractivity contribution in [3.8, 4) is 5.75 Å². The van der Waals surface area contributed by atoms with Crippen LogP contribution < -0.4 is 10.5 Å². The van der Waals surface area contributed by atoms with Crippen molar-refractivity contribution in [3.05, 3.63) is 22.6 Å². The first-order valence-corrected chi connectivity index (χ1v) is 6.12. The van der Waals surface area contributed by atoms with Crippen LogP contribution in [0, 0.1) is 4.91 Å². The molecule has 1 aromatic carbocycles. The maximum absolute atomic E-state index is 10.5. The van der Waals surface area contributed by atoms with Crippen LogP contribution >= 0.6 is 0 Å². The summed E-state index contributed by atoms with van der Waals surface area (Å²) in [7, 11) is 1.49. The zero-order chi connectivity index (χ0) is 13.5. The highest BCUT2D eigenvalue weighted by Crippen LogP contribution is 2.36. The first-order chi connectivity index (χ1) is 8.63. The third-order valence-corrected chi connectivity index (χ3v) is 2.92. The molecule has 0 aliphatic rings. The van der Waals surface area contributed by atoms with Crippen molar-refractivity contribution in [2.24, 2.45) is 5.18 Å². The molecule has 0 bridgehead atoms. The molecule has 0 aliphatic carbocycles. The van der Waals surface area contributed by atoms with Crippen LogP contribution in [-0.2, 0) is 0 Å². The van der Waals surface area contributed by atoms with Gasteiger partial charge in [-0.2, -0.15) is 0 Å². The topological polar surface area (TPSA) is 84.9 Å². The van der Waals surface area contributed by atoms with E-state index in [1.165, 1.54) is 13.2 Å². The number of rotatable bonds is 7. The van der Waals surface area contributed by atoms with Crippen LogP contribution in [0.2, 0.25) is 0 Å². The molecule has 0 spiro atoms. The average Bonchev–Trinajstić information content (AvgIpc) is 2.38. The van der Waals surface area contributed by atoms with Crippen molar-refractivity contribution in [2.75, 3.05) is 12.8 Å². The summed E-state index contributed by atoms with van der Waals surface area (Å²) in [4.78, 5) is 10.5. The Kier molecular flexibility index (Phi) is 5.58. The van der Waals surface area contributed by atoms with E-state index in [0.29, 0.717) is 17.7 Å². The molecular formula is C13H20N2O3. The van der Waals surface area contributed by atoms with Gasteiger partial charge in [0.15, 0.2) is 0 Å². The molecule has 0 amide bonds. The second-order valence-corrected chi connectivity index (χ2v) is 4.26. The number of benzene rings is 1. The molecule has 1 unspecified atom stereocenters. The number of hydrogen-bond acceptors (Lipinski definition) is 5. The molecule has 0 saturated carbocycles. The Morgan fingerprint density at radius 1 is 1.44 bits per heavy atom. The molecule has 1 atom stereocenters. The summed E-state index contributed by atoms with van der Waals surface area (Å²) in [5.74, 6) is 0.447. The maximum Gasteiger partial charge on any atom is 0.134 e. The van der Waals surface area contributed by atoms with Gasteiger partial charge in [0.2, 0.25) is 0 Å². The molecule has 0 aromatic heterocycles. The minimum atomic E-state index is -0.630. The number of hydrogen-bond donors (Lipinski definition) is 2. The molecule has 0 radical (unpaired) electrons. The maximum atomic E-state index is 10.5. The van der Waals surface area contributed by atoms with Crippen molar-refractivity contribution >= 4 is 11.4 Å². The predicted molar refractivity (Wildman–Crippen MR) is 72.0 cm³/mol. The number of nitrogens with two attached hydrogens (primary N) is 1. The fraction of sp³-hybridized carbons (Fsp3) is 0.538. The summed E-state index contributed by atoms with van der Waals surface area (Å²) >= 11 is 0. The molecular weight excluding hydrogens is 232 g/mol. The van der Waals surface area contributed by atoms with Gasteiger partial charge in [0.1, 0.15) is 11.4 Å². The Morgan fingerprint density at radius 2 is 2.17 bits per heavy atom. The standard InChI is InChI=1S/C13H20N2O3/c1-3-4-5-6-12(16)9-7-10(14)11(15-17)8-13(9)18-2/h7-8,12,16H,3-6,14H2,1-2H3. The van der Waals surface area contributed by atoms with Crippen LogP contribution in [0.1, 0.15) is 44.3 Å². The Hall–Kier alpha value is -1.62. The minimum Gasteiger partial charge on any atom is -0.496 e. The van der Waals surface area contributed by atoms with Gasteiger partial charge in [-0.05, 0) is 17.7 Å². The van der Waals surface area contributed by atoms with E-state index in [1.807, 2.05) is 0 Å². The summed E-state index contributed by atoms with van der Waals surface area (Å²) < 4.78 is 5.16. The van der Waals surface area contributed by atoms with Crippen LogP contribution in [0.15, 0.2) is 17.3 Å². The van der Waals surface area contributed by atoms with Gasteiger partial charge in [-0.15, -0.1) is 4.91 Å². The van der Waals surface area contributed by atoms with E-state index >= 15 is 0 Å². The highest BCUT2D eigenvalue weighted by atomic mass is 16.5. The smallest absolute Gasteiger partial charge is 0.134 e. The monoisotopic (exact) mass is 252 g/mol. The quantitative estimate of drug-likeness (QED) is 0.443. The SMILES string of the molecule is CCCCCC(O)c1cc(N)c(N=O)cc1OC. The van der Waals surface area contributed by atoms with Crippen molar-refractivity contribution < 1.29 is 9.84 Å². The molecule has 100 valence electrons.